The number of aromatic nitrogens is 4. The van der Waals surface area contributed by atoms with Crippen LogP contribution in [-0.2, 0) is 6.42 Å². The molecule has 0 aliphatic rings. The zero-order valence-electron chi connectivity index (χ0n) is 11.5. The Morgan fingerprint density at radius 1 is 1.00 bits per heavy atom. The minimum absolute atomic E-state index is 0.644. The van der Waals surface area contributed by atoms with Crippen LogP contribution in [0.2, 0.25) is 0 Å². The summed E-state index contributed by atoms with van der Waals surface area (Å²) in [5.41, 5.74) is 6.68. The lowest BCUT2D eigenvalue weighted by Gasteiger charge is -2.02. The van der Waals surface area contributed by atoms with Gasteiger partial charge in [0.05, 0.1) is 0 Å². The van der Waals surface area contributed by atoms with E-state index >= 15 is 0 Å². The van der Waals surface area contributed by atoms with Gasteiger partial charge in [-0.05, 0) is 30.7 Å². The highest BCUT2D eigenvalue weighted by Gasteiger charge is 1.99. The van der Waals surface area contributed by atoms with Gasteiger partial charge in [-0.3, -0.25) is 9.13 Å². The van der Waals surface area contributed by atoms with Crippen molar-refractivity contribution in [3.63, 3.8) is 0 Å². The topological polar surface area (TPSA) is 61.7 Å². The second-order valence-electron chi connectivity index (χ2n) is 4.25. The number of nitrogens with two attached hydrogens (primary N) is 1. The van der Waals surface area contributed by atoms with E-state index in [0.29, 0.717) is 5.11 Å². The van der Waals surface area contributed by atoms with Crippen molar-refractivity contribution in [3.8, 4) is 0 Å². The second-order valence-corrected chi connectivity index (χ2v) is 4.61. The standard InChI is InChI=1S/C8H11N.C7H6N4S/c9-7-6-8-4-2-1-3-5-8;12-7(10-3-1-8-5-10)11-4-2-9-6-11/h1-5H,6-7,9H2;1-6H. The summed E-state index contributed by atoms with van der Waals surface area (Å²) >= 11 is 5.14. The fourth-order valence-corrected chi connectivity index (χ4v) is 1.91. The molecular formula is C15H17N5S. The Hall–Kier alpha value is -2.31. The quantitative estimate of drug-likeness (QED) is 0.735. The van der Waals surface area contributed by atoms with Gasteiger partial charge in [0.25, 0.3) is 0 Å². The Kier molecular flexibility index (Phi) is 5.81. The van der Waals surface area contributed by atoms with Gasteiger partial charge in [0.15, 0.2) is 5.11 Å². The molecule has 108 valence electrons. The Bertz CT molecular complexity index is 596. The zero-order valence-corrected chi connectivity index (χ0v) is 12.4. The van der Waals surface area contributed by atoms with Crippen molar-refractivity contribution in [1.29, 1.82) is 0 Å². The number of rotatable bonds is 2. The van der Waals surface area contributed by atoms with Crippen molar-refractivity contribution in [2.24, 2.45) is 5.73 Å². The number of imidazole rings is 2. The van der Waals surface area contributed by atoms with E-state index in [4.69, 9.17) is 18.0 Å². The maximum absolute atomic E-state index is 5.36. The summed E-state index contributed by atoms with van der Waals surface area (Å²) in [6, 6.07) is 10.3. The van der Waals surface area contributed by atoms with Gasteiger partial charge < -0.3 is 5.73 Å². The van der Waals surface area contributed by atoms with Crippen LogP contribution >= 0.6 is 12.2 Å². The molecule has 0 spiro atoms. The molecule has 0 unspecified atom stereocenters. The van der Waals surface area contributed by atoms with Crippen LogP contribution in [0.5, 0.6) is 0 Å². The summed E-state index contributed by atoms with van der Waals surface area (Å²) in [7, 11) is 0. The molecule has 0 radical (unpaired) electrons. The third-order valence-corrected chi connectivity index (χ3v) is 3.15. The van der Waals surface area contributed by atoms with Crippen LogP contribution in [0, 0.1) is 0 Å². The second kappa shape index (κ2) is 8.08. The number of hydrogen-bond acceptors (Lipinski definition) is 4. The Morgan fingerprint density at radius 2 is 1.57 bits per heavy atom. The van der Waals surface area contributed by atoms with E-state index in [1.54, 1.807) is 46.6 Å². The summed E-state index contributed by atoms with van der Waals surface area (Å²) in [5.74, 6) is 0. The van der Waals surface area contributed by atoms with Crippen molar-refractivity contribution in [2.45, 2.75) is 6.42 Å². The summed E-state index contributed by atoms with van der Waals surface area (Å²) in [5, 5.41) is 0.644. The van der Waals surface area contributed by atoms with Crippen LogP contribution < -0.4 is 5.73 Å². The van der Waals surface area contributed by atoms with Crippen molar-refractivity contribution >= 4 is 17.3 Å². The lowest BCUT2D eigenvalue weighted by atomic mass is 10.2. The van der Waals surface area contributed by atoms with Crippen molar-refractivity contribution in [2.75, 3.05) is 6.54 Å². The maximum Gasteiger partial charge on any atom is 0.190 e. The monoisotopic (exact) mass is 299 g/mol. The average molecular weight is 299 g/mol. The van der Waals surface area contributed by atoms with Crippen molar-refractivity contribution in [3.05, 3.63) is 73.3 Å². The molecule has 0 atom stereocenters. The highest BCUT2D eigenvalue weighted by Crippen LogP contribution is 1.97. The van der Waals surface area contributed by atoms with E-state index < -0.39 is 0 Å². The van der Waals surface area contributed by atoms with Crippen LogP contribution in [0.3, 0.4) is 0 Å². The van der Waals surface area contributed by atoms with E-state index in [1.807, 2.05) is 18.2 Å². The molecule has 21 heavy (non-hydrogen) atoms. The molecule has 5 nitrogen and oxygen atoms in total. The molecule has 0 aliphatic heterocycles. The molecule has 0 fully saturated rings. The summed E-state index contributed by atoms with van der Waals surface area (Å²) in [6.07, 6.45) is 11.3. The minimum Gasteiger partial charge on any atom is -0.330 e. The zero-order chi connectivity index (χ0) is 14.9. The predicted octanol–water partition coefficient (Wildman–Crippen LogP) is 1.95. The van der Waals surface area contributed by atoms with Crippen LogP contribution in [0.4, 0.5) is 0 Å². The van der Waals surface area contributed by atoms with Crippen LogP contribution in [0.25, 0.3) is 0 Å². The lowest BCUT2D eigenvalue weighted by molar-refractivity contribution is 0.969. The maximum atomic E-state index is 5.36. The summed E-state index contributed by atoms with van der Waals surface area (Å²) < 4.78 is 3.49. The molecule has 3 rings (SSSR count). The number of hydrogen-bond donors (Lipinski definition) is 1. The van der Waals surface area contributed by atoms with Gasteiger partial charge in [0.1, 0.15) is 12.7 Å². The van der Waals surface area contributed by atoms with Gasteiger partial charge in [-0.1, -0.05) is 30.3 Å². The molecule has 1 aromatic carbocycles. The fourth-order valence-electron chi connectivity index (χ4n) is 1.69. The van der Waals surface area contributed by atoms with E-state index in [0.717, 1.165) is 13.0 Å². The highest BCUT2D eigenvalue weighted by molar-refractivity contribution is 7.80. The van der Waals surface area contributed by atoms with Crippen molar-refractivity contribution in [1.82, 2.24) is 19.1 Å². The number of nitrogens with zero attached hydrogens (tertiary/aromatic N) is 4. The van der Waals surface area contributed by atoms with Crippen LogP contribution in [0.15, 0.2) is 67.8 Å². The third-order valence-electron chi connectivity index (χ3n) is 2.73. The molecule has 3 aromatic rings. The van der Waals surface area contributed by atoms with E-state index in [1.165, 1.54) is 5.56 Å². The smallest absolute Gasteiger partial charge is 0.190 e. The van der Waals surface area contributed by atoms with Gasteiger partial charge >= 0.3 is 0 Å². The van der Waals surface area contributed by atoms with Gasteiger partial charge in [-0.15, -0.1) is 0 Å². The van der Waals surface area contributed by atoms with Crippen LogP contribution in [-0.4, -0.2) is 30.8 Å². The molecule has 0 amide bonds. The molecule has 0 bridgehead atoms. The lowest BCUT2D eigenvalue weighted by Crippen LogP contribution is -2.15. The molecule has 6 heteroatoms. The van der Waals surface area contributed by atoms with Crippen LogP contribution in [0.1, 0.15) is 5.56 Å². The molecule has 2 aromatic heterocycles. The Labute approximate surface area is 129 Å². The number of benzene rings is 1. The molecule has 0 aliphatic carbocycles. The van der Waals surface area contributed by atoms with Gasteiger partial charge in [0, 0.05) is 24.8 Å². The average Bonchev–Trinajstić information content (AvgIpc) is 3.22. The third kappa shape index (κ3) is 4.62. The Morgan fingerprint density at radius 3 is 2.00 bits per heavy atom. The first-order valence-corrected chi connectivity index (χ1v) is 6.96. The SMILES string of the molecule is NCCc1ccccc1.S=C(n1ccnc1)n1ccnc1. The normalized spacial score (nSPS) is 9.76. The molecular weight excluding hydrogens is 282 g/mol. The summed E-state index contributed by atoms with van der Waals surface area (Å²) in [6.45, 7) is 0.740. The molecule has 0 saturated carbocycles. The first-order chi connectivity index (χ1) is 10.3. The van der Waals surface area contributed by atoms with E-state index in [9.17, 15) is 0 Å². The van der Waals surface area contributed by atoms with Gasteiger partial charge in [-0.2, -0.15) is 0 Å². The van der Waals surface area contributed by atoms with E-state index in [-0.39, 0.29) is 0 Å². The highest BCUT2D eigenvalue weighted by atomic mass is 32.1. The van der Waals surface area contributed by atoms with E-state index in [2.05, 4.69) is 22.1 Å². The van der Waals surface area contributed by atoms with Gasteiger partial charge in [0.2, 0.25) is 0 Å². The summed E-state index contributed by atoms with van der Waals surface area (Å²) in [4.78, 5) is 7.79. The minimum atomic E-state index is 0.644. The first kappa shape index (κ1) is 15.1. The molecule has 2 N–H and O–H groups in total. The first-order valence-electron chi connectivity index (χ1n) is 6.56. The predicted molar refractivity (Wildman–Crippen MR) is 87.0 cm³/mol. The molecule has 2 heterocycles. The largest absolute Gasteiger partial charge is 0.330 e. The fraction of sp³-hybridized carbons (Fsp3) is 0.133. The van der Waals surface area contributed by atoms with Crippen molar-refractivity contribution < 1.29 is 0 Å². The Balaban J connectivity index is 0.000000161. The number of thiocarbonyl (C=S) groups is 1. The molecule has 0 saturated heterocycles. The van der Waals surface area contributed by atoms with Gasteiger partial charge in [-0.25, -0.2) is 9.97 Å².